The van der Waals surface area contributed by atoms with E-state index in [4.69, 9.17) is 10.00 Å². The topological polar surface area (TPSA) is 57.9 Å². The molecular formula is C10H13N3O. The highest BCUT2D eigenvalue weighted by Crippen LogP contribution is 2.06. The summed E-state index contributed by atoms with van der Waals surface area (Å²) in [5.41, 5.74) is 0.742. The van der Waals surface area contributed by atoms with Crippen LogP contribution in [0.15, 0.2) is 24.4 Å². The molecular weight excluding hydrogens is 178 g/mol. The zero-order valence-corrected chi connectivity index (χ0v) is 8.10. The summed E-state index contributed by atoms with van der Waals surface area (Å²) in [6.07, 6.45) is 1.68. The first-order valence-corrected chi connectivity index (χ1v) is 4.41. The molecule has 1 aromatic rings. The molecule has 0 amide bonds. The van der Waals surface area contributed by atoms with Crippen molar-refractivity contribution in [2.45, 2.75) is 6.04 Å². The van der Waals surface area contributed by atoms with E-state index in [1.165, 1.54) is 0 Å². The molecule has 1 atom stereocenters. The molecule has 4 nitrogen and oxygen atoms in total. The minimum Gasteiger partial charge on any atom is -0.383 e. The second-order valence-corrected chi connectivity index (χ2v) is 2.76. The van der Waals surface area contributed by atoms with Gasteiger partial charge in [-0.05, 0) is 12.1 Å². The molecule has 1 N–H and O–H groups in total. The average Bonchev–Trinajstić information content (AvgIpc) is 2.26. The molecule has 0 aliphatic heterocycles. The smallest absolute Gasteiger partial charge is 0.138 e. The minimum absolute atomic E-state index is 0.355. The number of pyridine rings is 1. The quantitative estimate of drug-likeness (QED) is 0.702. The fourth-order valence-electron chi connectivity index (χ4n) is 1.07. The number of nitriles is 1. The van der Waals surface area contributed by atoms with Crippen molar-refractivity contribution in [3.63, 3.8) is 0 Å². The first-order chi connectivity index (χ1) is 6.88. The Balaban J connectivity index is 2.52. The summed E-state index contributed by atoms with van der Waals surface area (Å²) in [5.74, 6) is 0. The number of nitrogens with one attached hydrogen (secondary N) is 1. The summed E-state index contributed by atoms with van der Waals surface area (Å²) >= 11 is 0. The van der Waals surface area contributed by atoms with Crippen LogP contribution in [0.25, 0.3) is 0 Å². The summed E-state index contributed by atoms with van der Waals surface area (Å²) in [7, 11) is 1.63. The third-order valence-electron chi connectivity index (χ3n) is 1.77. The van der Waals surface area contributed by atoms with Crippen LogP contribution in [0, 0.1) is 11.3 Å². The monoisotopic (exact) mass is 191 g/mol. The first kappa shape index (κ1) is 10.6. The molecule has 0 saturated heterocycles. The molecule has 14 heavy (non-hydrogen) atoms. The second kappa shape index (κ2) is 6.08. The Morgan fingerprint density at radius 1 is 1.64 bits per heavy atom. The van der Waals surface area contributed by atoms with Crippen LogP contribution < -0.4 is 5.32 Å². The highest BCUT2D eigenvalue weighted by atomic mass is 16.5. The van der Waals surface area contributed by atoms with Gasteiger partial charge in [0.2, 0.25) is 0 Å². The Bertz CT molecular complexity index is 294. The molecule has 0 saturated carbocycles. The Kier molecular flexibility index (Phi) is 4.62. The molecule has 0 aromatic carbocycles. The molecule has 1 aromatic heterocycles. The Morgan fingerprint density at radius 3 is 3.07 bits per heavy atom. The maximum absolute atomic E-state index is 8.89. The third-order valence-corrected chi connectivity index (χ3v) is 1.77. The third kappa shape index (κ3) is 3.13. The molecule has 1 heterocycles. The second-order valence-electron chi connectivity index (χ2n) is 2.76. The van der Waals surface area contributed by atoms with Crippen LogP contribution >= 0.6 is 0 Å². The van der Waals surface area contributed by atoms with E-state index in [9.17, 15) is 0 Å². The minimum atomic E-state index is -0.355. The molecule has 4 heteroatoms. The van der Waals surface area contributed by atoms with E-state index in [0.29, 0.717) is 13.2 Å². The molecule has 0 bridgehead atoms. The highest BCUT2D eigenvalue weighted by molar-refractivity contribution is 5.15. The van der Waals surface area contributed by atoms with Gasteiger partial charge in [0.05, 0.1) is 18.4 Å². The van der Waals surface area contributed by atoms with Crippen molar-refractivity contribution in [2.75, 3.05) is 20.3 Å². The Hall–Kier alpha value is -1.44. The van der Waals surface area contributed by atoms with Gasteiger partial charge < -0.3 is 4.74 Å². The summed E-state index contributed by atoms with van der Waals surface area (Å²) in [4.78, 5) is 4.10. The first-order valence-electron chi connectivity index (χ1n) is 4.41. The van der Waals surface area contributed by atoms with Crippen molar-refractivity contribution in [3.8, 4) is 6.07 Å². The summed E-state index contributed by atoms with van der Waals surface area (Å²) in [6, 6.07) is 7.31. The number of ether oxygens (including phenoxy) is 1. The fourth-order valence-corrected chi connectivity index (χ4v) is 1.07. The normalized spacial score (nSPS) is 12.0. The van der Waals surface area contributed by atoms with Gasteiger partial charge in [0.15, 0.2) is 0 Å². The number of hydrogen-bond acceptors (Lipinski definition) is 4. The maximum atomic E-state index is 8.89. The van der Waals surface area contributed by atoms with Crippen molar-refractivity contribution >= 4 is 0 Å². The van der Waals surface area contributed by atoms with Gasteiger partial charge >= 0.3 is 0 Å². The van der Waals surface area contributed by atoms with Gasteiger partial charge in [-0.15, -0.1) is 0 Å². The summed E-state index contributed by atoms with van der Waals surface area (Å²) < 4.78 is 4.88. The van der Waals surface area contributed by atoms with Crippen LogP contribution in [-0.4, -0.2) is 25.2 Å². The van der Waals surface area contributed by atoms with Crippen molar-refractivity contribution in [3.05, 3.63) is 30.1 Å². The van der Waals surface area contributed by atoms with Gasteiger partial charge in [0.1, 0.15) is 6.04 Å². The number of rotatable bonds is 5. The largest absolute Gasteiger partial charge is 0.383 e. The lowest BCUT2D eigenvalue weighted by molar-refractivity contribution is 0.197. The van der Waals surface area contributed by atoms with E-state index in [-0.39, 0.29) is 6.04 Å². The van der Waals surface area contributed by atoms with Crippen LogP contribution in [0.3, 0.4) is 0 Å². The number of hydrogen-bond donors (Lipinski definition) is 1. The van der Waals surface area contributed by atoms with Gasteiger partial charge in [0.25, 0.3) is 0 Å². The molecule has 0 aliphatic rings. The number of methoxy groups -OCH3 is 1. The molecule has 0 radical (unpaired) electrons. The zero-order chi connectivity index (χ0) is 10.2. The van der Waals surface area contributed by atoms with Crippen LogP contribution in [0.4, 0.5) is 0 Å². The molecule has 1 rings (SSSR count). The van der Waals surface area contributed by atoms with Crippen LogP contribution in [-0.2, 0) is 4.74 Å². The lowest BCUT2D eigenvalue weighted by Crippen LogP contribution is -2.24. The Morgan fingerprint density at radius 2 is 2.50 bits per heavy atom. The standard InChI is InChI=1S/C10H13N3O/c1-14-7-6-13-10(8-11)9-4-2-3-5-12-9/h2-5,10,13H,6-7H2,1H3. The molecule has 0 fully saturated rings. The van der Waals surface area contributed by atoms with Crippen molar-refractivity contribution < 1.29 is 4.74 Å². The van der Waals surface area contributed by atoms with Crippen LogP contribution in [0.1, 0.15) is 11.7 Å². The number of aromatic nitrogens is 1. The lowest BCUT2D eigenvalue weighted by atomic mass is 10.2. The van der Waals surface area contributed by atoms with Gasteiger partial charge in [0, 0.05) is 19.9 Å². The van der Waals surface area contributed by atoms with Gasteiger partial charge in [-0.1, -0.05) is 6.07 Å². The van der Waals surface area contributed by atoms with Crippen LogP contribution in [0.5, 0.6) is 0 Å². The predicted molar refractivity (Wildman–Crippen MR) is 52.5 cm³/mol. The summed E-state index contributed by atoms with van der Waals surface area (Å²) in [5, 5.41) is 11.9. The fraction of sp³-hybridized carbons (Fsp3) is 0.400. The zero-order valence-electron chi connectivity index (χ0n) is 8.10. The van der Waals surface area contributed by atoms with E-state index < -0.39 is 0 Å². The van der Waals surface area contributed by atoms with E-state index in [1.807, 2.05) is 18.2 Å². The van der Waals surface area contributed by atoms with Crippen molar-refractivity contribution in [1.82, 2.24) is 10.3 Å². The van der Waals surface area contributed by atoms with E-state index in [1.54, 1.807) is 13.3 Å². The van der Waals surface area contributed by atoms with E-state index in [2.05, 4.69) is 16.4 Å². The van der Waals surface area contributed by atoms with E-state index >= 15 is 0 Å². The SMILES string of the molecule is COCCNC(C#N)c1ccccn1. The highest BCUT2D eigenvalue weighted by Gasteiger charge is 2.09. The predicted octanol–water partition coefficient (Wildman–Crippen LogP) is 0.882. The number of nitrogens with zero attached hydrogens (tertiary/aromatic N) is 2. The van der Waals surface area contributed by atoms with Crippen LogP contribution in [0.2, 0.25) is 0 Å². The molecule has 74 valence electrons. The summed E-state index contributed by atoms with van der Waals surface area (Å²) in [6.45, 7) is 1.23. The van der Waals surface area contributed by atoms with Gasteiger partial charge in [-0.2, -0.15) is 5.26 Å². The van der Waals surface area contributed by atoms with E-state index in [0.717, 1.165) is 5.69 Å². The van der Waals surface area contributed by atoms with Gasteiger partial charge in [-0.3, -0.25) is 10.3 Å². The van der Waals surface area contributed by atoms with Gasteiger partial charge in [-0.25, -0.2) is 0 Å². The van der Waals surface area contributed by atoms with Crippen molar-refractivity contribution in [2.24, 2.45) is 0 Å². The maximum Gasteiger partial charge on any atom is 0.138 e. The molecule has 1 unspecified atom stereocenters. The molecule has 0 spiro atoms. The average molecular weight is 191 g/mol. The Labute approximate surface area is 83.5 Å². The molecule has 0 aliphatic carbocycles. The lowest BCUT2D eigenvalue weighted by Gasteiger charge is -2.09. The van der Waals surface area contributed by atoms with Crippen molar-refractivity contribution in [1.29, 1.82) is 5.26 Å².